The minimum Gasteiger partial charge on any atom is -0.508 e. The Hall–Kier alpha value is -2.91. The number of hydrogen-bond acceptors (Lipinski definition) is 6. The Labute approximate surface area is 259 Å². The standard InChI is InChI=1S/C32H46ClN3O5S/c1-20(2)15-16-22(4)36(30(39)26(17-18-42-8)34-31(40)41-32(5,6)7)28(23-12-10-13-24(37)19-23)29(38)35-27-21(3)11-9-14-25(27)33/h9-14,19-20,22,26,28,37H,15-18H2,1-8H3,(H,34,40)(H,35,38). The minimum atomic E-state index is -1.13. The molecule has 3 N–H and O–H groups in total. The van der Waals surface area contributed by atoms with Gasteiger partial charge in [0.1, 0.15) is 23.4 Å². The summed E-state index contributed by atoms with van der Waals surface area (Å²) < 4.78 is 5.48. The fraction of sp³-hybridized carbons (Fsp3) is 0.531. The van der Waals surface area contributed by atoms with E-state index >= 15 is 0 Å². The van der Waals surface area contributed by atoms with Crippen molar-refractivity contribution in [1.29, 1.82) is 0 Å². The Bertz CT molecular complexity index is 1200. The van der Waals surface area contributed by atoms with Crippen molar-refractivity contribution in [2.45, 2.75) is 91.5 Å². The monoisotopic (exact) mass is 619 g/mol. The fourth-order valence-corrected chi connectivity index (χ4v) is 5.29. The second-order valence-corrected chi connectivity index (χ2v) is 13.4. The summed E-state index contributed by atoms with van der Waals surface area (Å²) in [6.45, 7) is 13.2. The van der Waals surface area contributed by atoms with Gasteiger partial charge in [-0.2, -0.15) is 11.8 Å². The van der Waals surface area contributed by atoms with E-state index in [1.807, 2.05) is 26.2 Å². The summed E-state index contributed by atoms with van der Waals surface area (Å²) in [5.41, 5.74) is 0.893. The van der Waals surface area contributed by atoms with Crippen LogP contribution in [0.1, 0.15) is 78.0 Å². The number of aromatic hydroxyl groups is 1. The molecule has 3 atom stereocenters. The second-order valence-electron chi connectivity index (χ2n) is 12.0. The molecule has 0 aliphatic carbocycles. The minimum absolute atomic E-state index is 0.0349. The summed E-state index contributed by atoms with van der Waals surface area (Å²) >= 11 is 8.01. The van der Waals surface area contributed by atoms with Crippen LogP contribution < -0.4 is 10.6 Å². The molecule has 0 aliphatic heterocycles. The lowest BCUT2D eigenvalue weighted by Gasteiger charge is -2.39. The van der Waals surface area contributed by atoms with Crippen molar-refractivity contribution in [2.24, 2.45) is 5.92 Å². The van der Waals surface area contributed by atoms with Gasteiger partial charge < -0.3 is 25.4 Å². The van der Waals surface area contributed by atoms with E-state index in [0.29, 0.717) is 40.8 Å². The molecule has 0 aliphatic rings. The van der Waals surface area contributed by atoms with Gasteiger partial charge in [-0.1, -0.05) is 49.7 Å². The smallest absolute Gasteiger partial charge is 0.408 e. The SMILES string of the molecule is CSCCC(NC(=O)OC(C)(C)C)C(=O)N(C(C)CCC(C)C)C(C(=O)Nc1c(C)cccc1Cl)c1cccc(O)c1. The molecule has 0 spiro atoms. The van der Waals surface area contributed by atoms with Gasteiger partial charge in [0.2, 0.25) is 5.91 Å². The van der Waals surface area contributed by atoms with Crippen LogP contribution in [-0.2, 0) is 14.3 Å². The van der Waals surface area contributed by atoms with E-state index in [4.69, 9.17) is 16.3 Å². The average Bonchev–Trinajstić information content (AvgIpc) is 2.88. The van der Waals surface area contributed by atoms with Gasteiger partial charge in [-0.25, -0.2) is 4.79 Å². The number of nitrogens with one attached hydrogen (secondary N) is 2. The molecule has 3 amide bonds. The van der Waals surface area contributed by atoms with Crippen LogP contribution in [0.5, 0.6) is 5.75 Å². The van der Waals surface area contributed by atoms with Crippen molar-refractivity contribution >= 4 is 47.0 Å². The van der Waals surface area contributed by atoms with E-state index in [2.05, 4.69) is 24.5 Å². The highest BCUT2D eigenvalue weighted by atomic mass is 35.5. The van der Waals surface area contributed by atoms with Gasteiger partial charge in [0.15, 0.2) is 0 Å². The first-order valence-corrected chi connectivity index (χ1v) is 16.1. The molecule has 0 fully saturated rings. The number of rotatable bonds is 13. The number of hydrogen-bond donors (Lipinski definition) is 3. The van der Waals surface area contributed by atoms with Crippen LogP contribution in [0.3, 0.4) is 0 Å². The van der Waals surface area contributed by atoms with Gasteiger partial charge in [0.05, 0.1) is 10.7 Å². The zero-order valence-electron chi connectivity index (χ0n) is 26.0. The zero-order chi connectivity index (χ0) is 31.6. The topological polar surface area (TPSA) is 108 Å². The number of aryl methyl sites for hydroxylation is 1. The number of phenolic OH excluding ortho intramolecular Hbond substituents is 1. The molecule has 42 heavy (non-hydrogen) atoms. The van der Waals surface area contributed by atoms with Gasteiger partial charge in [-0.05, 0) is 101 Å². The highest BCUT2D eigenvalue weighted by Crippen LogP contribution is 2.33. The summed E-state index contributed by atoms with van der Waals surface area (Å²) in [4.78, 5) is 43.1. The average molecular weight is 620 g/mol. The number of anilines is 1. The lowest BCUT2D eigenvalue weighted by atomic mass is 9.96. The van der Waals surface area contributed by atoms with Crippen molar-refractivity contribution in [1.82, 2.24) is 10.2 Å². The second kappa shape index (κ2) is 16.1. The van der Waals surface area contributed by atoms with Crippen LogP contribution in [0, 0.1) is 12.8 Å². The first kappa shape index (κ1) is 35.3. The molecule has 0 heterocycles. The Morgan fingerprint density at radius 1 is 1.05 bits per heavy atom. The molecule has 8 nitrogen and oxygen atoms in total. The molecular weight excluding hydrogens is 574 g/mol. The quantitative estimate of drug-likeness (QED) is 0.217. The summed E-state index contributed by atoms with van der Waals surface area (Å²) in [7, 11) is 0. The molecule has 0 saturated heterocycles. The van der Waals surface area contributed by atoms with E-state index in [0.717, 1.165) is 12.0 Å². The largest absolute Gasteiger partial charge is 0.508 e. The molecule has 0 aromatic heterocycles. The molecule has 3 unspecified atom stereocenters. The lowest BCUT2D eigenvalue weighted by molar-refractivity contribution is -0.143. The number of ether oxygens (including phenoxy) is 1. The maximum atomic E-state index is 14.5. The van der Waals surface area contributed by atoms with Crippen LogP contribution in [0.4, 0.5) is 10.5 Å². The zero-order valence-corrected chi connectivity index (χ0v) is 27.6. The summed E-state index contributed by atoms with van der Waals surface area (Å²) in [6, 6.07) is 9.20. The third-order valence-corrected chi connectivity index (χ3v) is 7.63. The first-order valence-electron chi connectivity index (χ1n) is 14.3. The summed E-state index contributed by atoms with van der Waals surface area (Å²) in [5, 5.41) is 16.5. The summed E-state index contributed by atoms with van der Waals surface area (Å²) in [6.07, 6.45) is 3.00. The van der Waals surface area contributed by atoms with Gasteiger partial charge in [-0.3, -0.25) is 9.59 Å². The molecule has 2 aromatic rings. The maximum absolute atomic E-state index is 14.5. The van der Waals surface area contributed by atoms with Crippen molar-refractivity contribution in [3.8, 4) is 5.75 Å². The van der Waals surface area contributed by atoms with E-state index in [9.17, 15) is 19.5 Å². The molecule has 0 saturated carbocycles. The number of phenols is 1. The lowest BCUT2D eigenvalue weighted by Crippen LogP contribution is -2.55. The predicted octanol–water partition coefficient (Wildman–Crippen LogP) is 7.33. The van der Waals surface area contributed by atoms with Gasteiger partial charge >= 0.3 is 6.09 Å². The van der Waals surface area contributed by atoms with Gasteiger partial charge in [0, 0.05) is 6.04 Å². The number of benzene rings is 2. The Morgan fingerprint density at radius 3 is 2.29 bits per heavy atom. The van der Waals surface area contributed by atoms with Crippen LogP contribution in [0.2, 0.25) is 5.02 Å². The Balaban J connectivity index is 2.65. The normalized spacial score (nSPS) is 13.7. The van der Waals surface area contributed by atoms with Crippen molar-refractivity contribution in [3.05, 3.63) is 58.6 Å². The molecule has 2 aromatic carbocycles. The third-order valence-electron chi connectivity index (χ3n) is 6.67. The predicted molar refractivity (Wildman–Crippen MR) is 172 cm³/mol. The number of amides is 3. The van der Waals surface area contributed by atoms with Crippen molar-refractivity contribution < 1.29 is 24.2 Å². The Kier molecular flexibility index (Phi) is 13.5. The van der Waals surface area contributed by atoms with Crippen LogP contribution in [0.15, 0.2) is 42.5 Å². The molecular formula is C32H46ClN3O5S. The number of carbonyl (C=O) groups excluding carboxylic acids is 3. The van der Waals surface area contributed by atoms with Gasteiger partial charge in [-0.15, -0.1) is 0 Å². The van der Waals surface area contributed by atoms with Gasteiger partial charge in [0.25, 0.3) is 5.91 Å². The molecule has 2 rings (SSSR count). The van der Waals surface area contributed by atoms with Crippen molar-refractivity contribution in [3.63, 3.8) is 0 Å². The molecule has 232 valence electrons. The van der Waals surface area contributed by atoms with E-state index in [1.165, 1.54) is 12.1 Å². The Morgan fingerprint density at radius 2 is 1.71 bits per heavy atom. The number of alkyl carbamates (subject to hydrolysis) is 1. The number of nitrogens with zero attached hydrogens (tertiary/aromatic N) is 1. The fourth-order valence-electron chi connectivity index (χ4n) is 4.55. The van der Waals surface area contributed by atoms with E-state index in [1.54, 1.807) is 61.7 Å². The highest BCUT2D eigenvalue weighted by Gasteiger charge is 2.39. The molecule has 0 radical (unpaired) electrons. The van der Waals surface area contributed by atoms with E-state index in [-0.39, 0.29) is 11.8 Å². The van der Waals surface area contributed by atoms with Crippen LogP contribution in [0.25, 0.3) is 0 Å². The van der Waals surface area contributed by atoms with E-state index < -0.39 is 35.6 Å². The maximum Gasteiger partial charge on any atom is 0.408 e. The number of halogens is 1. The van der Waals surface area contributed by atoms with Crippen LogP contribution >= 0.6 is 23.4 Å². The number of carbonyl (C=O) groups is 3. The molecule has 10 heteroatoms. The first-order chi connectivity index (χ1) is 19.6. The summed E-state index contributed by atoms with van der Waals surface area (Å²) in [5.74, 6) is 0.0398. The van der Waals surface area contributed by atoms with Crippen molar-refractivity contribution in [2.75, 3.05) is 17.3 Å². The highest BCUT2D eigenvalue weighted by molar-refractivity contribution is 7.98. The third kappa shape index (κ3) is 10.7. The van der Waals surface area contributed by atoms with Crippen LogP contribution in [-0.4, -0.2) is 57.6 Å². The molecule has 0 bridgehead atoms. The number of para-hydroxylation sites is 1. The number of thioether (sulfide) groups is 1.